The Morgan fingerprint density at radius 1 is 1.25 bits per heavy atom. The summed E-state index contributed by atoms with van der Waals surface area (Å²) in [5.41, 5.74) is 1.79. The molecule has 7 heteroatoms. The van der Waals surface area contributed by atoms with Crippen LogP contribution >= 0.6 is 11.6 Å². The monoisotopic (exact) mass is 401 g/mol. The molecule has 2 atom stereocenters. The van der Waals surface area contributed by atoms with Crippen molar-refractivity contribution < 1.29 is 14.3 Å². The molecule has 0 unspecified atom stereocenters. The number of piperidine rings is 1. The fraction of sp³-hybridized carbons (Fsp3) is 0.429. The van der Waals surface area contributed by atoms with Gasteiger partial charge in [-0.1, -0.05) is 23.7 Å². The Labute approximate surface area is 169 Å². The van der Waals surface area contributed by atoms with E-state index in [0.717, 1.165) is 17.0 Å². The Kier molecular flexibility index (Phi) is 5.53. The number of likely N-dealkylation sites (tertiary alicyclic amines) is 1. The number of hydrogen-bond donors (Lipinski definition) is 1. The zero-order valence-electron chi connectivity index (χ0n) is 15.8. The van der Waals surface area contributed by atoms with E-state index in [1.165, 1.54) is 0 Å². The highest BCUT2D eigenvalue weighted by Crippen LogP contribution is 2.34. The minimum Gasteiger partial charge on any atom is -0.467 e. The van der Waals surface area contributed by atoms with Gasteiger partial charge < -0.3 is 9.52 Å². The van der Waals surface area contributed by atoms with Crippen LogP contribution in [0.4, 0.5) is 0 Å². The van der Waals surface area contributed by atoms with Gasteiger partial charge in [0.1, 0.15) is 11.8 Å². The van der Waals surface area contributed by atoms with Crippen molar-refractivity contribution in [2.75, 3.05) is 13.1 Å². The van der Waals surface area contributed by atoms with Crippen molar-refractivity contribution in [1.82, 2.24) is 9.91 Å². The van der Waals surface area contributed by atoms with Gasteiger partial charge in [-0.05, 0) is 49.6 Å². The quantitative estimate of drug-likeness (QED) is 0.851. The van der Waals surface area contributed by atoms with Crippen LogP contribution in [0.5, 0.6) is 0 Å². The van der Waals surface area contributed by atoms with Crippen molar-refractivity contribution in [3.05, 3.63) is 59.0 Å². The van der Waals surface area contributed by atoms with E-state index in [9.17, 15) is 9.90 Å². The number of carbonyl (C=O) groups excluding carboxylic acids is 1. The molecule has 0 spiro atoms. The van der Waals surface area contributed by atoms with Crippen LogP contribution < -0.4 is 0 Å². The average molecular weight is 402 g/mol. The van der Waals surface area contributed by atoms with Gasteiger partial charge in [0.05, 0.1) is 24.1 Å². The first kappa shape index (κ1) is 19.2. The summed E-state index contributed by atoms with van der Waals surface area (Å²) in [6.07, 6.45) is 3.33. The van der Waals surface area contributed by atoms with Gasteiger partial charge in [0.25, 0.3) is 5.91 Å². The number of furan rings is 1. The van der Waals surface area contributed by atoms with E-state index in [0.29, 0.717) is 37.4 Å². The van der Waals surface area contributed by atoms with Gasteiger partial charge in [-0.2, -0.15) is 5.10 Å². The molecule has 1 aromatic heterocycles. The van der Waals surface area contributed by atoms with Crippen molar-refractivity contribution in [3.8, 4) is 0 Å². The van der Waals surface area contributed by atoms with Crippen molar-refractivity contribution in [1.29, 1.82) is 0 Å². The number of aliphatic hydroxyl groups is 1. The molecule has 4 rings (SSSR count). The Bertz CT molecular complexity index is 842. The van der Waals surface area contributed by atoms with Crippen LogP contribution in [0.1, 0.15) is 43.6 Å². The third kappa shape index (κ3) is 3.85. The van der Waals surface area contributed by atoms with Crippen LogP contribution in [-0.2, 0) is 4.79 Å². The fourth-order valence-corrected chi connectivity index (χ4v) is 3.98. The molecule has 0 aliphatic carbocycles. The molecule has 0 bridgehead atoms. The Hall–Kier alpha value is -2.15. The fourth-order valence-electron chi connectivity index (χ4n) is 3.85. The molecular weight excluding hydrogens is 378 g/mol. The van der Waals surface area contributed by atoms with E-state index >= 15 is 0 Å². The van der Waals surface area contributed by atoms with Gasteiger partial charge in [0, 0.05) is 24.5 Å². The van der Waals surface area contributed by atoms with Crippen LogP contribution in [0.3, 0.4) is 0 Å². The summed E-state index contributed by atoms with van der Waals surface area (Å²) in [4.78, 5) is 15.4. The lowest BCUT2D eigenvalue weighted by molar-refractivity contribution is -0.139. The van der Waals surface area contributed by atoms with Crippen molar-refractivity contribution in [2.45, 2.75) is 44.4 Å². The lowest BCUT2D eigenvalue weighted by atomic mass is 10.0. The van der Waals surface area contributed by atoms with E-state index in [-0.39, 0.29) is 24.1 Å². The van der Waals surface area contributed by atoms with Crippen LogP contribution in [-0.4, -0.2) is 51.9 Å². The summed E-state index contributed by atoms with van der Waals surface area (Å²) in [6.45, 7) is 3.33. The minimum atomic E-state index is -0.307. The summed E-state index contributed by atoms with van der Waals surface area (Å²) in [5, 5.41) is 16.7. The highest BCUT2D eigenvalue weighted by Gasteiger charge is 2.38. The van der Waals surface area contributed by atoms with Gasteiger partial charge in [-0.15, -0.1) is 0 Å². The maximum atomic E-state index is 13.3. The number of aliphatic hydroxyl groups excluding tert-OH is 1. The summed E-state index contributed by atoms with van der Waals surface area (Å²) in [5.74, 6) is 0.670. The van der Waals surface area contributed by atoms with Gasteiger partial charge in [-0.25, -0.2) is 5.01 Å². The largest absolute Gasteiger partial charge is 0.467 e. The number of hydrogen-bond acceptors (Lipinski definition) is 5. The molecule has 28 heavy (non-hydrogen) atoms. The maximum Gasteiger partial charge on any atom is 0.260 e. The third-order valence-electron chi connectivity index (χ3n) is 5.59. The second kappa shape index (κ2) is 8.07. The summed E-state index contributed by atoms with van der Waals surface area (Å²) >= 11 is 6.00. The first-order valence-electron chi connectivity index (χ1n) is 9.65. The zero-order chi connectivity index (χ0) is 19.7. The van der Waals surface area contributed by atoms with Gasteiger partial charge in [0.2, 0.25) is 0 Å². The Morgan fingerprint density at radius 3 is 2.61 bits per heavy atom. The molecule has 3 heterocycles. The highest BCUT2D eigenvalue weighted by molar-refractivity contribution is 6.30. The van der Waals surface area contributed by atoms with Crippen LogP contribution in [0.15, 0.2) is 52.2 Å². The third-order valence-corrected chi connectivity index (χ3v) is 5.84. The molecule has 1 aromatic carbocycles. The summed E-state index contributed by atoms with van der Waals surface area (Å²) in [6, 6.07) is 10.6. The lowest BCUT2D eigenvalue weighted by Gasteiger charge is -2.35. The van der Waals surface area contributed by atoms with Gasteiger partial charge in [-0.3, -0.25) is 9.69 Å². The smallest absolute Gasteiger partial charge is 0.260 e. The molecule has 2 aliphatic heterocycles. The minimum absolute atomic E-state index is 0.0539. The van der Waals surface area contributed by atoms with Crippen LogP contribution in [0.25, 0.3) is 0 Å². The number of rotatable bonds is 4. The summed E-state index contributed by atoms with van der Waals surface area (Å²) < 4.78 is 5.61. The lowest BCUT2D eigenvalue weighted by Crippen LogP contribution is -2.49. The number of amides is 1. The number of nitrogens with zero attached hydrogens (tertiary/aromatic N) is 3. The molecule has 1 saturated heterocycles. The molecule has 1 N–H and O–H groups in total. The predicted molar refractivity (Wildman–Crippen MR) is 107 cm³/mol. The summed E-state index contributed by atoms with van der Waals surface area (Å²) in [7, 11) is 0. The molecule has 2 aromatic rings. The molecule has 1 fully saturated rings. The van der Waals surface area contributed by atoms with Crippen molar-refractivity contribution in [2.24, 2.45) is 5.10 Å². The standard InChI is InChI=1S/C21H24ClN3O3/c1-14(24-10-8-17(26)9-11-24)21(27)25-19(20-3-2-12-28-20)13-18(23-25)15-4-6-16(22)7-5-15/h2-7,12,14,17,19,26H,8-11,13H2,1H3/t14-,19-/m0/s1. The molecule has 2 aliphatic rings. The number of benzene rings is 1. The predicted octanol–water partition coefficient (Wildman–Crippen LogP) is 3.46. The molecule has 148 valence electrons. The first-order chi connectivity index (χ1) is 13.5. The molecular formula is C21H24ClN3O3. The van der Waals surface area contributed by atoms with Crippen molar-refractivity contribution >= 4 is 23.2 Å². The molecule has 1 amide bonds. The number of hydrazone groups is 1. The zero-order valence-corrected chi connectivity index (χ0v) is 16.5. The second-order valence-electron chi connectivity index (χ2n) is 7.41. The Balaban J connectivity index is 1.58. The average Bonchev–Trinajstić information content (AvgIpc) is 3.38. The van der Waals surface area contributed by atoms with Crippen molar-refractivity contribution in [3.63, 3.8) is 0 Å². The molecule has 0 saturated carbocycles. The Morgan fingerprint density at radius 2 is 1.96 bits per heavy atom. The number of halogens is 1. The maximum absolute atomic E-state index is 13.3. The highest BCUT2D eigenvalue weighted by atomic mass is 35.5. The number of carbonyl (C=O) groups is 1. The van der Waals surface area contributed by atoms with Gasteiger partial charge in [0.15, 0.2) is 0 Å². The van der Waals surface area contributed by atoms with Crippen LogP contribution in [0, 0.1) is 0 Å². The van der Waals surface area contributed by atoms with Gasteiger partial charge >= 0.3 is 0 Å². The topological polar surface area (TPSA) is 69.3 Å². The first-order valence-corrected chi connectivity index (χ1v) is 10.0. The van der Waals surface area contributed by atoms with Crippen LogP contribution in [0.2, 0.25) is 5.02 Å². The van der Waals surface area contributed by atoms with E-state index in [4.69, 9.17) is 16.0 Å². The molecule has 6 nitrogen and oxygen atoms in total. The normalized spacial score (nSPS) is 22.3. The SMILES string of the molecule is C[C@@H](C(=O)N1N=C(c2ccc(Cl)cc2)C[C@H]1c1ccco1)N1CCC(O)CC1. The second-order valence-corrected chi connectivity index (χ2v) is 7.85. The van der Waals surface area contributed by atoms with E-state index in [1.807, 2.05) is 43.3 Å². The van der Waals surface area contributed by atoms with E-state index in [2.05, 4.69) is 10.0 Å². The van der Waals surface area contributed by atoms with E-state index < -0.39 is 0 Å². The molecule has 0 radical (unpaired) electrons. The van der Waals surface area contributed by atoms with E-state index in [1.54, 1.807) is 11.3 Å².